The van der Waals surface area contributed by atoms with Crippen molar-refractivity contribution in [3.8, 4) is 6.01 Å². The number of likely N-dealkylation sites (tertiary alicyclic amines) is 1. The first-order chi connectivity index (χ1) is 19.2. The molecule has 2 aromatic heterocycles. The number of aromatic nitrogens is 4. The summed E-state index contributed by atoms with van der Waals surface area (Å²) in [4.78, 5) is 14.2. The van der Waals surface area contributed by atoms with E-state index >= 15 is 0 Å². The van der Waals surface area contributed by atoms with Crippen molar-refractivity contribution in [1.29, 1.82) is 0 Å². The second-order valence-corrected chi connectivity index (χ2v) is 18.3. The third-order valence-corrected chi connectivity index (χ3v) is 10.1. The largest absolute Gasteiger partial charge is 0.463 e. The molecule has 0 amide bonds. The molecule has 216 valence electrons. The molecule has 2 bridgehead atoms. The van der Waals surface area contributed by atoms with E-state index in [0.29, 0.717) is 43.9 Å². The summed E-state index contributed by atoms with van der Waals surface area (Å²) in [6, 6.07) is 6.42. The third kappa shape index (κ3) is 5.83. The maximum Gasteiger partial charge on any atom is 0.318 e. The Morgan fingerprint density at radius 1 is 1.18 bits per heavy atom. The number of fused-ring (bicyclic) bond motifs is 4. The van der Waals surface area contributed by atoms with Crippen molar-refractivity contribution in [2.45, 2.75) is 77.3 Å². The Labute approximate surface area is 237 Å². The van der Waals surface area contributed by atoms with Crippen LogP contribution in [0.2, 0.25) is 25.7 Å². The summed E-state index contributed by atoms with van der Waals surface area (Å²) in [6.45, 7) is 15.5. The van der Waals surface area contributed by atoms with Gasteiger partial charge >= 0.3 is 6.01 Å². The number of hydrogen-bond donors (Lipinski definition) is 1. The zero-order valence-electron chi connectivity index (χ0n) is 24.4. The van der Waals surface area contributed by atoms with Crippen LogP contribution < -0.4 is 15.4 Å². The van der Waals surface area contributed by atoms with Crippen LogP contribution >= 0.6 is 0 Å². The number of hydrogen-bond acceptors (Lipinski definition) is 9. The molecule has 1 aromatic carbocycles. The molecule has 2 fully saturated rings. The van der Waals surface area contributed by atoms with Crippen molar-refractivity contribution in [2.75, 3.05) is 50.1 Å². The Morgan fingerprint density at radius 2 is 2.05 bits per heavy atom. The first-order valence-corrected chi connectivity index (χ1v) is 18.4. The number of nitrogens with two attached hydrogens (primary N) is 1. The molecule has 10 nitrogen and oxygen atoms in total. The van der Waals surface area contributed by atoms with Crippen molar-refractivity contribution in [3.63, 3.8) is 0 Å². The van der Waals surface area contributed by atoms with Crippen LogP contribution in [0.3, 0.4) is 0 Å². The van der Waals surface area contributed by atoms with Crippen molar-refractivity contribution < 1.29 is 14.2 Å². The first-order valence-electron chi connectivity index (χ1n) is 14.7. The van der Waals surface area contributed by atoms with E-state index in [4.69, 9.17) is 24.9 Å². The average molecular weight is 566 g/mol. The number of anilines is 2. The van der Waals surface area contributed by atoms with Crippen LogP contribution in [-0.4, -0.2) is 84.3 Å². The fraction of sp³-hybridized carbons (Fsp3) is 0.621. The van der Waals surface area contributed by atoms with E-state index in [-0.39, 0.29) is 0 Å². The van der Waals surface area contributed by atoms with Crippen LogP contribution in [0.5, 0.6) is 6.01 Å². The van der Waals surface area contributed by atoms with E-state index in [9.17, 15) is 0 Å². The summed E-state index contributed by atoms with van der Waals surface area (Å²) in [5.74, 6) is 0.534. The lowest BCUT2D eigenvalue weighted by Crippen LogP contribution is -2.38. The van der Waals surface area contributed by atoms with Gasteiger partial charge < -0.3 is 24.8 Å². The molecule has 40 heavy (non-hydrogen) atoms. The predicted octanol–water partition coefficient (Wildman–Crippen LogP) is 3.83. The van der Waals surface area contributed by atoms with Crippen LogP contribution in [0.15, 0.2) is 18.3 Å². The van der Waals surface area contributed by atoms with Crippen molar-refractivity contribution in [2.24, 2.45) is 0 Å². The van der Waals surface area contributed by atoms with Gasteiger partial charge in [0.25, 0.3) is 0 Å². The van der Waals surface area contributed by atoms with Crippen LogP contribution in [0.4, 0.5) is 11.5 Å². The van der Waals surface area contributed by atoms with E-state index in [0.717, 1.165) is 73.9 Å². The van der Waals surface area contributed by atoms with Gasteiger partial charge in [-0.2, -0.15) is 15.1 Å². The molecule has 2 saturated heterocycles. The maximum atomic E-state index is 6.38. The number of rotatable bonds is 11. The van der Waals surface area contributed by atoms with E-state index < -0.39 is 8.07 Å². The fourth-order valence-electron chi connectivity index (χ4n) is 6.18. The Kier molecular flexibility index (Phi) is 7.73. The molecule has 2 N–H and O–H groups in total. The minimum atomic E-state index is -1.12. The summed E-state index contributed by atoms with van der Waals surface area (Å²) >= 11 is 0. The molecule has 3 aliphatic heterocycles. The lowest BCUT2D eigenvalue weighted by Gasteiger charge is -2.32. The van der Waals surface area contributed by atoms with Crippen LogP contribution in [-0.2, 0) is 29.2 Å². The van der Waals surface area contributed by atoms with Crippen LogP contribution in [0, 0.1) is 6.92 Å². The van der Waals surface area contributed by atoms with Crippen LogP contribution in [0.1, 0.15) is 29.7 Å². The molecule has 2 atom stereocenters. The van der Waals surface area contributed by atoms with E-state index in [1.54, 1.807) is 0 Å². The Balaban J connectivity index is 1.12. The minimum absolute atomic E-state index is 0.377. The minimum Gasteiger partial charge on any atom is -0.463 e. The molecular weight excluding hydrogens is 522 g/mol. The molecular formula is C29H43N7O3Si. The van der Waals surface area contributed by atoms with Crippen molar-refractivity contribution in [3.05, 3.63) is 35.2 Å². The standard InChI is InChI=1S/C29H43N7O3Si/c1-20-6-7-26-24(15-31-36(26)19-37-12-13-40(2,3)4)27(20)35-10-8-23-25(17-35)32-29(33-28(23)30)38-11-5-9-34-16-22-14-21(34)18-39-22/h6-7,15,21-22H,5,8-14,16-19H2,1-4H3,(H2,30,32,33)/t21-,22-/m0/s1. The monoisotopic (exact) mass is 565 g/mol. The normalized spacial score (nSPS) is 20.9. The zero-order chi connectivity index (χ0) is 27.9. The van der Waals surface area contributed by atoms with Gasteiger partial charge in [-0.3, -0.25) is 4.90 Å². The second-order valence-electron chi connectivity index (χ2n) is 12.7. The number of nitrogens with zero attached hydrogens (tertiary/aromatic N) is 6. The number of aryl methyl sites for hydroxylation is 1. The number of morpholine rings is 1. The molecule has 0 spiro atoms. The fourth-order valence-corrected chi connectivity index (χ4v) is 6.93. The molecule has 11 heteroatoms. The first kappa shape index (κ1) is 27.4. The summed E-state index contributed by atoms with van der Waals surface area (Å²) < 4.78 is 19.7. The number of benzene rings is 1. The van der Waals surface area contributed by atoms with Crippen molar-refractivity contribution >= 4 is 30.5 Å². The Bertz CT molecular complexity index is 1360. The van der Waals surface area contributed by atoms with Crippen LogP contribution in [0.25, 0.3) is 10.9 Å². The smallest absolute Gasteiger partial charge is 0.318 e. The van der Waals surface area contributed by atoms with E-state index in [1.165, 1.54) is 17.7 Å². The zero-order valence-corrected chi connectivity index (χ0v) is 25.4. The summed E-state index contributed by atoms with van der Waals surface area (Å²) in [7, 11) is -1.12. The van der Waals surface area contributed by atoms with Gasteiger partial charge in [0, 0.05) is 51.3 Å². The van der Waals surface area contributed by atoms with Gasteiger partial charge in [0.15, 0.2) is 0 Å². The lowest BCUT2D eigenvalue weighted by atomic mass is 10.0. The maximum absolute atomic E-state index is 6.38. The van der Waals surface area contributed by atoms with Gasteiger partial charge in [0.1, 0.15) is 12.5 Å². The molecule has 0 radical (unpaired) electrons. The Morgan fingerprint density at radius 3 is 2.83 bits per heavy atom. The highest BCUT2D eigenvalue weighted by Gasteiger charge is 2.38. The number of ether oxygens (including phenoxy) is 3. The molecule has 0 unspecified atom stereocenters. The quantitative estimate of drug-likeness (QED) is 0.274. The lowest BCUT2D eigenvalue weighted by molar-refractivity contribution is 0.0287. The SMILES string of the molecule is Cc1ccc2c(cnn2COCC[Si](C)(C)C)c1N1CCc2c(N)nc(OCCCN3C[C@@H]4C[C@H]3CO4)nc2C1. The average Bonchev–Trinajstić information content (AvgIpc) is 3.64. The van der Waals surface area contributed by atoms with Gasteiger partial charge in [-0.05, 0) is 43.9 Å². The summed E-state index contributed by atoms with van der Waals surface area (Å²) in [5.41, 5.74) is 11.9. The van der Waals surface area contributed by atoms with E-state index in [2.05, 4.69) is 58.6 Å². The highest BCUT2D eigenvalue weighted by molar-refractivity contribution is 6.76. The van der Waals surface area contributed by atoms with Gasteiger partial charge in [0.2, 0.25) is 0 Å². The molecule has 3 aliphatic rings. The van der Waals surface area contributed by atoms with Gasteiger partial charge in [-0.25, -0.2) is 4.68 Å². The van der Waals surface area contributed by atoms with Crippen molar-refractivity contribution in [1.82, 2.24) is 24.6 Å². The third-order valence-electron chi connectivity index (χ3n) is 8.44. The summed E-state index contributed by atoms with van der Waals surface area (Å²) in [5, 5.41) is 5.82. The van der Waals surface area contributed by atoms with Gasteiger partial charge in [0.05, 0.1) is 49.0 Å². The molecule has 6 rings (SSSR count). The molecule has 0 aliphatic carbocycles. The number of nitrogen functional groups attached to an aromatic ring is 1. The topological polar surface area (TPSA) is 104 Å². The molecule has 5 heterocycles. The second kappa shape index (κ2) is 11.3. The highest BCUT2D eigenvalue weighted by Crippen LogP contribution is 2.35. The van der Waals surface area contributed by atoms with Gasteiger partial charge in [-0.1, -0.05) is 25.7 Å². The van der Waals surface area contributed by atoms with E-state index in [1.807, 2.05) is 10.9 Å². The van der Waals surface area contributed by atoms with Gasteiger partial charge in [-0.15, -0.1) is 0 Å². The molecule has 3 aromatic rings. The highest BCUT2D eigenvalue weighted by atomic mass is 28.3. The summed E-state index contributed by atoms with van der Waals surface area (Å²) in [6.07, 6.45) is 5.29. The molecule has 0 saturated carbocycles. The Hall–Kier alpha value is -2.73. The predicted molar refractivity (Wildman–Crippen MR) is 160 cm³/mol.